The number of rotatable bonds is 9. The summed E-state index contributed by atoms with van der Waals surface area (Å²) in [7, 11) is 0. The van der Waals surface area contributed by atoms with Gasteiger partial charge in [-0.2, -0.15) is 0 Å². The minimum atomic E-state index is -0.570. The third kappa shape index (κ3) is 5.60. The molecule has 0 spiro atoms. The van der Waals surface area contributed by atoms with Crippen molar-refractivity contribution in [3.8, 4) is 0 Å². The fraction of sp³-hybridized carbons (Fsp3) is 0.611. The predicted molar refractivity (Wildman–Crippen MR) is 84.9 cm³/mol. The topological polar surface area (TPSA) is 46.5 Å². The second kappa shape index (κ2) is 8.96. The van der Waals surface area contributed by atoms with Gasteiger partial charge in [0.25, 0.3) is 0 Å². The normalized spacial score (nSPS) is 17.0. The molecule has 21 heavy (non-hydrogen) atoms. The van der Waals surface area contributed by atoms with Crippen LogP contribution in [0.25, 0.3) is 0 Å². The minimum absolute atomic E-state index is 0.0795. The maximum atomic E-state index is 12.3. The van der Waals surface area contributed by atoms with E-state index in [-0.39, 0.29) is 23.5 Å². The van der Waals surface area contributed by atoms with Crippen LogP contribution in [0.1, 0.15) is 39.7 Å². The van der Waals surface area contributed by atoms with Gasteiger partial charge in [-0.3, -0.25) is 4.79 Å². The lowest BCUT2D eigenvalue weighted by atomic mass is 9.85. The first-order valence-corrected chi connectivity index (χ1v) is 7.80. The molecule has 3 nitrogen and oxygen atoms in total. The summed E-state index contributed by atoms with van der Waals surface area (Å²) in [5.74, 6) is -0.310. The Morgan fingerprint density at radius 1 is 1.19 bits per heavy atom. The van der Waals surface area contributed by atoms with Crippen LogP contribution in [-0.2, 0) is 16.1 Å². The smallest absolute Gasteiger partial charge is 0.143 e. The van der Waals surface area contributed by atoms with Gasteiger partial charge in [0, 0.05) is 11.8 Å². The van der Waals surface area contributed by atoms with E-state index in [2.05, 4.69) is 0 Å². The maximum Gasteiger partial charge on any atom is 0.143 e. The fourth-order valence-corrected chi connectivity index (χ4v) is 2.36. The number of ether oxygens (including phenoxy) is 1. The summed E-state index contributed by atoms with van der Waals surface area (Å²) >= 11 is 0. The Hall–Kier alpha value is -1.19. The molecule has 118 valence electrons. The first kappa shape index (κ1) is 17.9. The van der Waals surface area contributed by atoms with E-state index in [0.717, 1.165) is 12.0 Å². The molecule has 0 amide bonds. The fourth-order valence-electron chi connectivity index (χ4n) is 2.36. The zero-order valence-electron chi connectivity index (χ0n) is 13.6. The van der Waals surface area contributed by atoms with Gasteiger partial charge in [0.15, 0.2) is 0 Å². The molecule has 0 bridgehead atoms. The molecule has 0 radical (unpaired) electrons. The Morgan fingerprint density at radius 2 is 1.81 bits per heavy atom. The molecule has 1 N–H and O–H groups in total. The van der Waals surface area contributed by atoms with Crippen molar-refractivity contribution in [3.05, 3.63) is 35.9 Å². The van der Waals surface area contributed by atoms with Crippen LogP contribution in [0.5, 0.6) is 0 Å². The van der Waals surface area contributed by atoms with E-state index in [9.17, 15) is 9.90 Å². The Bertz CT molecular complexity index is 416. The van der Waals surface area contributed by atoms with Gasteiger partial charge in [0.1, 0.15) is 5.78 Å². The standard InChI is InChI=1S/C18H28O3/c1-5-13(2)17(19)15(4)18(20)14(3)11-21-12-16-9-7-6-8-10-16/h6-10,13-15,17,19H,5,11-12H2,1-4H3/t13-,14+,15-,17+/m0/s1. The second-order valence-corrected chi connectivity index (χ2v) is 5.97. The molecule has 0 saturated heterocycles. The molecule has 0 aromatic heterocycles. The van der Waals surface area contributed by atoms with Crippen molar-refractivity contribution in [2.24, 2.45) is 17.8 Å². The van der Waals surface area contributed by atoms with Crippen molar-refractivity contribution in [2.75, 3.05) is 6.61 Å². The van der Waals surface area contributed by atoms with Crippen LogP contribution in [0.15, 0.2) is 30.3 Å². The first-order chi connectivity index (χ1) is 9.97. The summed E-state index contributed by atoms with van der Waals surface area (Å²) < 4.78 is 5.62. The Morgan fingerprint density at radius 3 is 2.38 bits per heavy atom. The lowest BCUT2D eigenvalue weighted by molar-refractivity contribution is -0.132. The summed E-state index contributed by atoms with van der Waals surface area (Å²) in [6.07, 6.45) is 0.302. The third-order valence-electron chi connectivity index (χ3n) is 4.15. The summed E-state index contributed by atoms with van der Waals surface area (Å²) in [4.78, 5) is 12.3. The number of aliphatic hydroxyl groups excluding tert-OH is 1. The quantitative estimate of drug-likeness (QED) is 0.758. The van der Waals surface area contributed by atoms with Crippen LogP contribution in [-0.4, -0.2) is 23.6 Å². The molecule has 3 heteroatoms. The summed E-state index contributed by atoms with van der Waals surface area (Å²) in [5.41, 5.74) is 1.10. The van der Waals surface area contributed by atoms with Crippen molar-refractivity contribution in [3.63, 3.8) is 0 Å². The Kier molecular flexibility index (Phi) is 7.62. The van der Waals surface area contributed by atoms with Crippen molar-refractivity contribution < 1.29 is 14.6 Å². The van der Waals surface area contributed by atoms with Crippen LogP contribution >= 0.6 is 0 Å². The maximum absolute atomic E-state index is 12.3. The van der Waals surface area contributed by atoms with Crippen LogP contribution in [0, 0.1) is 17.8 Å². The van der Waals surface area contributed by atoms with Crippen LogP contribution < -0.4 is 0 Å². The largest absolute Gasteiger partial charge is 0.392 e. The van der Waals surface area contributed by atoms with E-state index in [4.69, 9.17) is 4.74 Å². The van der Waals surface area contributed by atoms with Crippen molar-refractivity contribution in [2.45, 2.75) is 46.8 Å². The summed E-state index contributed by atoms with van der Waals surface area (Å²) in [5, 5.41) is 10.1. The molecular formula is C18H28O3. The number of hydrogen-bond donors (Lipinski definition) is 1. The van der Waals surface area contributed by atoms with Crippen molar-refractivity contribution in [1.82, 2.24) is 0 Å². The lowest BCUT2D eigenvalue weighted by Gasteiger charge is -2.25. The molecular weight excluding hydrogens is 264 g/mol. The average molecular weight is 292 g/mol. The average Bonchev–Trinajstić information content (AvgIpc) is 2.52. The van der Waals surface area contributed by atoms with Crippen LogP contribution in [0.4, 0.5) is 0 Å². The number of Topliss-reactive ketones (excluding diaryl/α,β-unsaturated/α-hetero) is 1. The van der Waals surface area contributed by atoms with Gasteiger partial charge in [-0.05, 0) is 11.5 Å². The van der Waals surface area contributed by atoms with E-state index >= 15 is 0 Å². The van der Waals surface area contributed by atoms with Crippen LogP contribution in [0.2, 0.25) is 0 Å². The molecule has 0 fully saturated rings. The Balaban J connectivity index is 2.40. The second-order valence-electron chi connectivity index (χ2n) is 5.97. The van der Waals surface area contributed by atoms with Gasteiger partial charge in [-0.1, -0.05) is 64.4 Å². The van der Waals surface area contributed by atoms with E-state index in [0.29, 0.717) is 13.2 Å². The van der Waals surface area contributed by atoms with Crippen molar-refractivity contribution in [1.29, 1.82) is 0 Å². The number of ketones is 1. The molecule has 0 aliphatic rings. The highest BCUT2D eigenvalue weighted by Crippen LogP contribution is 2.20. The zero-order chi connectivity index (χ0) is 15.8. The van der Waals surface area contributed by atoms with Crippen molar-refractivity contribution >= 4 is 5.78 Å². The van der Waals surface area contributed by atoms with E-state index in [1.165, 1.54) is 0 Å². The van der Waals surface area contributed by atoms with Gasteiger partial charge in [-0.25, -0.2) is 0 Å². The highest BCUT2D eigenvalue weighted by Gasteiger charge is 2.29. The minimum Gasteiger partial charge on any atom is -0.392 e. The SMILES string of the molecule is CC[C@H](C)[C@@H](O)[C@H](C)C(=O)[C@H](C)COCc1ccccc1. The summed E-state index contributed by atoms with van der Waals surface area (Å²) in [6, 6.07) is 9.91. The zero-order valence-corrected chi connectivity index (χ0v) is 13.6. The van der Waals surface area contributed by atoms with Crippen LogP contribution in [0.3, 0.4) is 0 Å². The van der Waals surface area contributed by atoms with E-state index in [1.54, 1.807) is 0 Å². The van der Waals surface area contributed by atoms with Gasteiger partial charge >= 0.3 is 0 Å². The lowest BCUT2D eigenvalue weighted by Crippen LogP contribution is -2.35. The predicted octanol–water partition coefficient (Wildman–Crippen LogP) is 3.45. The van der Waals surface area contributed by atoms with Gasteiger partial charge < -0.3 is 9.84 Å². The molecule has 1 aromatic rings. The number of benzene rings is 1. The van der Waals surface area contributed by atoms with Gasteiger partial charge in [0.05, 0.1) is 19.3 Å². The number of hydrogen-bond acceptors (Lipinski definition) is 3. The molecule has 0 unspecified atom stereocenters. The first-order valence-electron chi connectivity index (χ1n) is 7.80. The molecule has 4 atom stereocenters. The highest BCUT2D eigenvalue weighted by molar-refractivity contribution is 5.83. The van der Waals surface area contributed by atoms with E-state index < -0.39 is 6.10 Å². The van der Waals surface area contributed by atoms with Gasteiger partial charge in [0.2, 0.25) is 0 Å². The Labute approximate surface area is 128 Å². The molecule has 0 aliphatic carbocycles. The summed E-state index contributed by atoms with van der Waals surface area (Å²) in [6.45, 7) is 8.59. The van der Waals surface area contributed by atoms with E-state index in [1.807, 2.05) is 58.0 Å². The van der Waals surface area contributed by atoms with Gasteiger partial charge in [-0.15, -0.1) is 0 Å². The monoisotopic (exact) mass is 292 g/mol. The molecule has 0 heterocycles. The molecule has 0 aliphatic heterocycles. The number of aliphatic hydroxyl groups is 1. The molecule has 0 saturated carbocycles. The highest BCUT2D eigenvalue weighted by atomic mass is 16.5. The number of carbonyl (C=O) groups is 1. The third-order valence-corrected chi connectivity index (χ3v) is 4.15. The molecule has 1 rings (SSSR count). The number of carbonyl (C=O) groups excluding carboxylic acids is 1. The molecule has 1 aromatic carbocycles.